The third-order valence-corrected chi connectivity index (χ3v) is 7.59. The smallest absolute Gasteiger partial charge is 0.248 e. The third-order valence-electron chi connectivity index (χ3n) is 7.59. The molecule has 0 saturated carbocycles. The van der Waals surface area contributed by atoms with Gasteiger partial charge in [-0.25, -0.2) is 14.6 Å². The number of aliphatic hydroxyl groups excluding tert-OH is 1. The lowest BCUT2D eigenvalue weighted by molar-refractivity contribution is 0.0999. The van der Waals surface area contributed by atoms with Gasteiger partial charge in [-0.15, -0.1) is 0 Å². The van der Waals surface area contributed by atoms with Gasteiger partial charge in [0.2, 0.25) is 5.91 Å². The summed E-state index contributed by atoms with van der Waals surface area (Å²) in [5, 5.41) is 21.7. The first kappa shape index (κ1) is 28.8. The molecule has 0 spiro atoms. The van der Waals surface area contributed by atoms with Crippen LogP contribution >= 0.6 is 0 Å². The highest BCUT2D eigenvalue weighted by atomic mass is 16.5. The second-order valence-electron chi connectivity index (χ2n) is 10.9. The van der Waals surface area contributed by atoms with Crippen LogP contribution in [0.5, 0.6) is 5.75 Å². The number of benzene rings is 3. The van der Waals surface area contributed by atoms with E-state index in [1.807, 2.05) is 66.3 Å². The van der Waals surface area contributed by atoms with Gasteiger partial charge in [-0.1, -0.05) is 56.3 Å². The monoisotopic (exact) mass is 587 g/mol. The first-order valence-electron chi connectivity index (χ1n) is 14.4. The van der Waals surface area contributed by atoms with Gasteiger partial charge in [-0.05, 0) is 48.7 Å². The van der Waals surface area contributed by atoms with Gasteiger partial charge in [0.05, 0.1) is 23.9 Å². The van der Waals surface area contributed by atoms with Gasteiger partial charge >= 0.3 is 0 Å². The average molecular weight is 588 g/mol. The summed E-state index contributed by atoms with van der Waals surface area (Å²) in [5.41, 5.74) is 12.0. The van der Waals surface area contributed by atoms with Crippen molar-refractivity contribution in [2.24, 2.45) is 5.73 Å². The molecule has 6 rings (SSSR count). The maximum absolute atomic E-state index is 12.0. The summed E-state index contributed by atoms with van der Waals surface area (Å²) >= 11 is 0. The van der Waals surface area contributed by atoms with Crippen LogP contribution in [0.2, 0.25) is 0 Å². The molecule has 3 N–H and O–H groups in total. The molecule has 6 aromatic rings. The Balaban J connectivity index is 1.42. The Labute approximate surface area is 254 Å². The maximum Gasteiger partial charge on any atom is 0.248 e. The SMILES string of the molecule is Cc1c(C(C)C)c(-c2cccc3nn(CC(O)c4ccccc4)cc23)nn1-c1ccc(C(N)=O)cc1OCc1ncccn1. The van der Waals surface area contributed by atoms with Crippen LogP contribution in [-0.2, 0) is 13.2 Å². The highest BCUT2D eigenvalue weighted by Crippen LogP contribution is 2.38. The van der Waals surface area contributed by atoms with E-state index in [1.54, 1.807) is 41.3 Å². The zero-order valence-electron chi connectivity index (χ0n) is 24.8. The van der Waals surface area contributed by atoms with Crippen molar-refractivity contribution in [3.05, 3.63) is 120 Å². The molecule has 10 nitrogen and oxygen atoms in total. The first-order chi connectivity index (χ1) is 21.3. The fourth-order valence-electron chi connectivity index (χ4n) is 5.49. The van der Waals surface area contributed by atoms with Crippen LogP contribution in [-0.4, -0.2) is 40.5 Å². The summed E-state index contributed by atoms with van der Waals surface area (Å²) in [6, 6.07) is 22.4. The van der Waals surface area contributed by atoms with Crippen molar-refractivity contribution < 1.29 is 14.6 Å². The quantitative estimate of drug-likeness (QED) is 0.215. The number of amides is 1. The molecule has 0 aliphatic heterocycles. The summed E-state index contributed by atoms with van der Waals surface area (Å²) in [5.74, 6) is 0.530. The second-order valence-corrected chi connectivity index (χ2v) is 10.9. The molecule has 0 saturated heterocycles. The van der Waals surface area contributed by atoms with Gasteiger partial charge in [-0.3, -0.25) is 9.48 Å². The topological polar surface area (TPSA) is 134 Å². The van der Waals surface area contributed by atoms with E-state index < -0.39 is 12.0 Å². The van der Waals surface area contributed by atoms with Crippen LogP contribution in [0.25, 0.3) is 27.8 Å². The van der Waals surface area contributed by atoms with E-state index in [4.69, 9.17) is 20.7 Å². The predicted molar refractivity (Wildman–Crippen MR) is 167 cm³/mol. The Kier molecular flexibility index (Phi) is 7.91. The van der Waals surface area contributed by atoms with Crippen molar-refractivity contribution in [2.75, 3.05) is 0 Å². The van der Waals surface area contributed by atoms with Gasteiger partial charge in [0.25, 0.3) is 0 Å². The highest BCUT2D eigenvalue weighted by Gasteiger charge is 2.24. The number of rotatable bonds is 10. The van der Waals surface area contributed by atoms with Crippen LogP contribution in [0.1, 0.15) is 58.9 Å². The van der Waals surface area contributed by atoms with Crippen molar-refractivity contribution in [3.63, 3.8) is 0 Å². The molecule has 3 aromatic heterocycles. The maximum atomic E-state index is 12.0. The second kappa shape index (κ2) is 12.1. The Hall–Kier alpha value is -5.35. The molecule has 0 bridgehead atoms. The Bertz CT molecular complexity index is 1930. The Morgan fingerprint density at radius 1 is 0.977 bits per heavy atom. The number of fused-ring (bicyclic) bond motifs is 1. The van der Waals surface area contributed by atoms with Crippen molar-refractivity contribution in [3.8, 4) is 22.7 Å². The van der Waals surface area contributed by atoms with Gasteiger partial charge < -0.3 is 15.6 Å². The number of primary amides is 1. The van der Waals surface area contributed by atoms with E-state index in [-0.39, 0.29) is 12.5 Å². The zero-order valence-corrected chi connectivity index (χ0v) is 24.8. The Morgan fingerprint density at radius 3 is 2.48 bits per heavy atom. The van der Waals surface area contributed by atoms with Crippen LogP contribution in [0.4, 0.5) is 0 Å². The van der Waals surface area contributed by atoms with E-state index in [0.29, 0.717) is 29.4 Å². The number of carbonyl (C=O) groups excluding carboxylic acids is 1. The van der Waals surface area contributed by atoms with Gasteiger partial charge in [0.15, 0.2) is 5.82 Å². The lowest BCUT2D eigenvalue weighted by Crippen LogP contribution is -2.13. The van der Waals surface area contributed by atoms with Gasteiger partial charge in [0.1, 0.15) is 18.0 Å². The molecule has 10 heteroatoms. The summed E-state index contributed by atoms with van der Waals surface area (Å²) in [6.45, 7) is 6.72. The Morgan fingerprint density at radius 2 is 1.75 bits per heavy atom. The number of carbonyl (C=O) groups is 1. The summed E-state index contributed by atoms with van der Waals surface area (Å²) in [7, 11) is 0. The van der Waals surface area contributed by atoms with Gasteiger partial charge in [-0.2, -0.15) is 10.2 Å². The molecular weight excluding hydrogens is 554 g/mol. The number of nitrogens with two attached hydrogens (primary N) is 1. The average Bonchev–Trinajstić information content (AvgIpc) is 3.61. The standard InChI is InChI=1S/C34H33N7O3/c1-21(2)32-22(3)41(28-14-13-24(34(35)43)17-30(28)44-20-31-36-15-8-16-37-31)39-33(32)25-11-7-12-27-26(25)18-40(38-27)19-29(42)23-9-5-4-6-10-23/h4-18,21,29,42H,19-20H2,1-3H3,(H2,35,43). The minimum atomic E-state index is -0.690. The van der Waals surface area contributed by atoms with E-state index in [1.165, 1.54) is 0 Å². The van der Waals surface area contributed by atoms with Gasteiger partial charge in [0, 0.05) is 46.4 Å². The largest absolute Gasteiger partial charge is 0.483 e. The van der Waals surface area contributed by atoms with E-state index in [0.717, 1.165) is 39.0 Å². The fourth-order valence-corrected chi connectivity index (χ4v) is 5.49. The molecule has 1 atom stereocenters. The predicted octanol–water partition coefficient (Wildman–Crippen LogP) is 5.52. The van der Waals surface area contributed by atoms with Crippen LogP contribution in [0.15, 0.2) is 91.4 Å². The molecule has 0 aliphatic carbocycles. The molecule has 0 radical (unpaired) electrons. The molecule has 0 fully saturated rings. The van der Waals surface area contributed by atoms with E-state index in [2.05, 4.69) is 23.8 Å². The summed E-state index contributed by atoms with van der Waals surface area (Å²) in [4.78, 5) is 20.5. The van der Waals surface area contributed by atoms with Crippen LogP contribution in [0, 0.1) is 6.92 Å². The van der Waals surface area contributed by atoms with E-state index in [9.17, 15) is 9.90 Å². The molecular formula is C34H33N7O3. The zero-order chi connectivity index (χ0) is 30.8. The van der Waals surface area contributed by atoms with Crippen molar-refractivity contribution in [1.29, 1.82) is 0 Å². The number of aromatic nitrogens is 6. The van der Waals surface area contributed by atoms with Crippen LogP contribution < -0.4 is 10.5 Å². The highest BCUT2D eigenvalue weighted by molar-refractivity contribution is 5.95. The lowest BCUT2D eigenvalue weighted by Gasteiger charge is -2.14. The number of hydrogen-bond donors (Lipinski definition) is 2. The van der Waals surface area contributed by atoms with Crippen LogP contribution in [0.3, 0.4) is 0 Å². The number of nitrogens with zero attached hydrogens (tertiary/aromatic N) is 6. The minimum Gasteiger partial charge on any atom is -0.483 e. The minimum absolute atomic E-state index is 0.105. The van der Waals surface area contributed by atoms with Crippen molar-refractivity contribution >= 4 is 16.8 Å². The molecule has 222 valence electrons. The van der Waals surface area contributed by atoms with Crippen molar-refractivity contribution in [1.82, 2.24) is 29.5 Å². The number of hydrogen-bond acceptors (Lipinski definition) is 7. The third kappa shape index (κ3) is 5.67. The van der Waals surface area contributed by atoms with Crippen molar-refractivity contribution in [2.45, 2.75) is 45.9 Å². The normalized spacial score (nSPS) is 12.1. The molecule has 3 heterocycles. The molecule has 1 amide bonds. The number of ether oxygens (including phenoxy) is 1. The summed E-state index contributed by atoms with van der Waals surface area (Å²) < 4.78 is 9.78. The lowest BCUT2D eigenvalue weighted by atomic mass is 9.95. The molecule has 1 unspecified atom stereocenters. The first-order valence-corrected chi connectivity index (χ1v) is 14.4. The van der Waals surface area contributed by atoms with E-state index >= 15 is 0 Å². The fraction of sp³-hybridized carbons (Fsp3) is 0.206. The number of aliphatic hydroxyl groups is 1. The molecule has 3 aromatic carbocycles. The summed E-state index contributed by atoms with van der Waals surface area (Å²) in [6.07, 6.45) is 4.57. The molecule has 0 aliphatic rings. The molecule has 44 heavy (non-hydrogen) atoms.